The third kappa shape index (κ3) is 7.45. The predicted octanol–water partition coefficient (Wildman–Crippen LogP) is 5.15. The molecule has 0 bridgehead atoms. The van der Waals surface area contributed by atoms with E-state index in [0.29, 0.717) is 5.69 Å². The van der Waals surface area contributed by atoms with E-state index in [0.717, 1.165) is 26.3 Å². The number of anilines is 1. The third-order valence-electron chi connectivity index (χ3n) is 6.08. The number of benzene rings is 3. The van der Waals surface area contributed by atoms with Crippen LogP contribution in [0.25, 0.3) is 0 Å². The van der Waals surface area contributed by atoms with Crippen LogP contribution in [0.2, 0.25) is 0 Å². The van der Waals surface area contributed by atoms with Crippen LogP contribution >= 0.6 is 15.9 Å². The minimum Gasteiger partial charge on any atom is -0.352 e. The third-order valence-corrected chi connectivity index (χ3v) is 8.36. The largest absolute Gasteiger partial charge is 0.352 e. The molecule has 0 heterocycles. The van der Waals surface area contributed by atoms with E-state index in [1.54, 1.807) is 37.3 Å². The predicted molar refractivity (Wildman–Crippen MR) is 154 cm³/mol. The number of carbonyl (C=O) groups excluding carboxylic acids is 2. The summed E-state index contributed by atoms with van der Waals surface area (Å²) in [4.78, 5) is 28.3. The van der Waals surface area contributed by atoms with E-state index in [1.165, 1.54) is 17.0 Å². The molecule has 1 N–H and O–H groups in total. The lowest BCUT2D eigenvalue weighted by Crippen LogP contribution is -2.52. The smallest absolute Gasteiger partial charge is 0.264 e. The first-order valence-electron chi connectivity index (χ1n) is 12.5. The van der Waals surface area contributed by atoms with Gasteiger partial charge in [0.1, 0.15) is 12.6 Å². The van der Waals surface area contributed by atoms with Crippen LogP contribution in [0.15, 0.2) is 88.2 Å². The molecule has 0 saturated heterocycles. The molecule has 202 valence electrons. The number of nitrogens with one attached hydrogen (secondary N) is 1. The van der Waals surface area contributed by atoms with E-state index in [4.69, 9.17) is 0 Å². The van der Waals surface area contributed by atoms with Gasteiger partial charge in [0.15, 0.2) is 0 Å². The first-order valence-corrected chi connectivity index (χ1v) is 14.8. The van der Waals surface area contributed by atoms with Gasteiger partial charge in [-0.15, -0.1) is 0 Å². The lowest BCUT2D eigenvalue weighted by Gasteiger charge is -2.32. The summed E-state index contributed by atoms with van der Waals surface area (Å²) in [5, 5.41) is 2.85. The van der Waals surface area contributed by atoms with E-state index >= 15 is 0 Å². The van der Waals surface area contributed by atoms with E-state index < -0.39 is 28.5 Å². The molecule has 0 aliphatic carbocycles. The van der Waals surface area contributed by atoms with Gasteiger partial charge in [-0.3, -0.25) is 13.9 Å². The molecular formula is C29H34BrN3O4S. The van der Waals surface area contributed by atoms with Gasteiger partial charge in [0.2, 0.25) is 11.8 Å². The van der Waals surface area contributed by atoms with Crippen molar-refractivity contribution in [2.75, 3.05) is 10.8 Å². The molecule has 3 rings (SSSR count). The number of hydrogen-bond acceptors (Lipinski definition) is 4. The van der Waals surface area contributed by atoms with Gasteiger partial charge in [0, 0.05) is 17.1 Å². The minimum atomic E-state index is -4.07. The molecule has 0 unspecified atom stereocenters. The van der Waals surface area contributed by atoms with Crippen molar-refractivity contribution in [2.45, 2.75) is 57.6 Å². The molecule has 9 heteroatoms. The van der Waals surface area contributed by atoms with Crippen LogP contribution in [0.4, 0.5) is 5.69 Å². The van der Waals surface area contributed by atoms with Crippen LogP contribution in [0.3, 0.4) is 0 Å². The number of aryl methyl sites for hydroxylation is 1. The van der Waals surface area contributed by atoms with E-state index in [9.17, 15) is 18.0 Å². The Kier molecular flexibility index (Phi) is 10.1. The highest BCUT2D eigenvalue weighted by molar-refractivity contribution is 9.10. The molecule has 0 saturated carbocycles. The maximum absolute atomic E-state index is 13.9. The van der Waals surface area contributed by atoms with Crippen molar-refractivity contribution in [3.8, 4) is 0 Å². The van der Waals surface area contributed by atoms with Crippen LogP contribution in [-0.2, 0) is 32.6 Å². The number of rotatable bonds is 11. The molecule has 3 aromatic carbocycles. The normalized spacial score (nSPS) is 12.2. The van der Waals surface area contributed by atoms with Crippen molar-refractivity contribution in [2.24, 2.45) is 0 Å². The van der Waals surface area contributed by atoms with Crippen LogP contribution in [0, 0.1) is 0 Å². The highest BCUT2D eigenvalue weighted by Crippen LogP contribution is 2.25. The van der Waals surface area contributed by atoms with E-state index in [2.05, 4.69) is 21.2 Å². The number of halogens is 1. The second-order valence-electron chi connectivity index (χ2n) is 9.34. The summed E-state index contributed by atoms with van der Waals surface area (Å²) in [5.74, 6) is -0.802. The average Bonchev–Trinajstić information content (AvgIpc) is 2.90. The van der Waals surface area contributed by atoms with Crippen LogP contribution in [-0.4, -0.2) is 43.8 Å². The number of sulfonamides is 1. The fourth-order valence-corrected chi connectivity index (χ4v) is 5.85. The summed E-state index contributed by atoms with van der Waals surface area (Å²) >= 11 is 3.45. The Balaban J connectivity index is 2.02. The van der Waals surface area contributed by atoms with Crippen molar-refractivity contribution in [3.05, 3.63) is 94.5 Å². The summed E-state index contributed by atoms with van der Waals surface area (Å²) in [7, 11) is -4.07. The molecule has 1 atom stereocenters. The fraction of sp³-hybridized carbons (Fsp3) is 0.310. The van der Waals surface area contributed by atoms with Gasteiger partial charge in [-0.2, -0.15) is 0 Å². The standard InChI is InChI=1S/C29H34BrN3O4S/c1-5-23-14-16-26(17-15-23)33(38(36,37)27-12-7-6-8-13-27)20-28(34)32(22(4)29(35)31-21(2)3)19-24-10-9-11-25(30)18-24/h6-18,21-22H,5,19-20H2,1-4H3,(H,31,35)/t22-/m1/s1. The zero-order chi connectivity index (χ0) is 27.9. The summed E-state index contributed by atoms with van der Waals surface area (Å²) in [6, 6.07) is 21.7. The number of hydrogen-bond donors (Lipinski definition) is 1. The Bertz CT molecular complexity index is 1350. The summed E-state index contributed by atoms with van der Waals surface area (Å²) in [6.07, 6.45) is 0.799. The van der Waals surface area contributed by atoms with Crippen molar-refractivity contribution < 1.29 is 18.0 Å². The molecular weight excluding hydrogens is 566 g/mol. The Morgan fingerprint density at radius 1 is 0.895 bits per heavy atom. The number of carbonyl (C=O) groups is 2. The molecule has 0 aromatic heterocycles. The van der Waals surface area contributed by atoms with Gasteiger partial charge in [0.25, 0.3) is 10.0 Å². The van der Waals surface area contributed by atoms with Gasteiger partial charge >= 0.3 is 0 Å². The minimum absolute atomic E-state index is 0.0801. The second kappa shape index (κ2) is 13.1. The van der Waals surface area contributed by atoms with E-state index in [-0.39, 0.29) is 23.4 Å². The van der Waals surface area contributed by atoms with E-state index in [1.807, 2.05) is 57.2 Å². The second-order valence-corrected chi connectivity index (χ2v) is 12.1. The maximum atomic E-state index is 13.9. The highest BCUT2D eigenvalue weighted by Gasteiger charge is 2.32. The zero-order valence-corrected chi connectivity index (χ0v) is 24.5. The van der Waals surface area contributed by atoms with Gasteiger partial charge < -0.3 is 10.2 Å². The molecule has 0 radical (unpaired) electrons. The first kappa shape index (κ1) is 29.4. The van der Waals surface area contributed by atoms with Crippen LogP contribution < -0.4 is 9.62 Å². The first-order chi connectivity index (χ1) is 18.0. The molecule has 0 aliphatic rings. The highest BCUT2D eigenvalue weighted by atomic mass is 79.9. The van der Waals surface area contributed by atoms with Gasteiger partial charge in [0.05, 0.1) is 10.6 Å². The quantitative estimate of drug-likeness (QED) is 0.330. The molecule has 38 heavy (non-hydrogen) atoms. The molecule has 7 nitrogen and oxygen atoms in total. The van der Waals surface area contributed by atoms with Crippen molar-refractivity contribution in [1.82, 2.24) is 10.2 Å². The molecule has 3 aromatic rings. The van der Waals surface area contributed by atoms with Gasteiger partial charge in [-0.1, -0.05) is 65.3 Å². The number of amides is 2. The maximum Gasteiger partial charge on any atom is 0.264 e. The Morgan fingerprint density at radius 2 is 1.55 bits per heavy atom. The van der Waals surface area contributed by atoms with Crippen molar-refractivity contribution >= 4 is 43.5 Å². The SMILES string of the molecule is CCc1ccc(N(CC(=O)N(Cc2cccc(Br)c2)[C@H](C)C(=O)NC(C)C)S(=O)(=O)c2ccccc2)cc1. The molecule has 0 spiro atoms. The van der Waals surface area contributed by atoms with Crippen LogP contribution in [0.5, 0.6) is 0 Å². The van der Waals surface area contributed by atoms with Gasteiger partial charge in [-0.05, 0) is 74.7 Å². The lowest BCUT2D eigenvalue weighted by molar-refractivity contribution is -0.139. The Hall–Kier alpha value is -3.17. The Labute approximate surface area is 234 Å². The molecule has 0 aliphatic heterocycles. The lowest BCUT2D eigenvalue weighted by atomic mass is 10.1. The average molecular weight is 601 g/mol. The van der Waals surface area contributed by atoms with Crippen molar-refractivity contribution in [1.29, 1.82) is 0 Å². The van der Waals surface area contributed by atoms with Crippen LogP contribution in [0.1, 0.15) is 38.8 Å². The van der Waals surface area contributed by atoms with Crippen molar-refractivity contribution in [3.63, 3.8) is 0 Å². The topological polar surface area (TPSA) is 86.8 Å². The monoisotopic (exact) mass is 599 g/mol. The molecule has 2 amide bonds. The number of nitrogens with zero attached hydrogens (tertiary/aromatic N) is 2. The summed E-state index contributed by atoms with van der Waals surface area (Å²) in [5.41, 5.74) is 2.23. The molecule has 0 fully saturated rings. The summed E-state index contributed by atoms with van der Waals surface area (Å²) in [6.45, 7) is 7.04. The zero-order valence-electron chi connectivity index (χ0n) is 22.1. The van der Waals surface area contributed by atoms with Gasteiger partial charge in [-0.25, -0.2) is 8.42 Å². The fourth-order valence-electron chi connectivity index (χ4n) is 3.97. The Morgan fingerprint density at radius 3 is 2.13 bits per heavy atom. The summed E-state index contributed by atoms with van der Waals surface area (Å²) < 4.78 is 29.5.